The molecule has 0 aliphatic rings. The maximum atomic E-state index is 12.5. The first kappa shape index (κ1) is 14.1. The van der Waals surface area contributed by atoms with E-state index in [0.717, 1.165) is 6.26 Å². The molecule has 1 aromatic heterocycles. The van der Waals surface area contributed by atoms with E-state index in [4.69, 9.17) is 16.0 Å². The predicted molar refractivity (Wildman–Crippen MR) is 81.2 cm³/mol. The third kappa shape index (κ3) is 2.29. The molecule has 0 aliphatic carbocycles. The van der Waals surface area contributed by atoms with Gasteiger partial charge < -0.3 is 9.52 Å². The molecule has 0 saturated heterocycles. The van der Waals surface area contributed by atoms with Crippen LogP contribution >= 0.6 is 11.6 Å². The number of aromatic hydroxyl groups is 1. The molecular weight excluding hydrogens is 310 g/mol. The fourth-order valence-corrected chi connectivity index (χ4v) is 2.36. The topological polar surface area (TPSA) is 93.6 Å². The van der Waals surface area contributed by atoms with Gasteiger partial charge in [0.2, 0.25) is 5.43 Å². The molecule has 7 heteroatoms. The monoisotopic (exact) mass is 317 g/mol. The lowest BCUT2D eigenvalue weighted by Gasteiger charge is -2.05. The summed E-state index contributed by atoms with van der Waals surface area (Å²) in [6.07, 6.45) is 1.13. The maximum absolute atomic E-state index is 12.5. The molecule has 3 rings (SSSR count). The number of hydrogen-bond acceptors (Lipinski definition) is 5. The Morgan fingerprint density at radius 2 is 1.91 bits per heavy atom. The molecule has 0 aliphatic heterocycles. The highest BCUT2D eigenvalue weighted by atomic mass is 35.5. The quantitative estimate of drug-likeness (QED) is 0.574. The van der Waals surface area contributed by atoms with Gasteiger partial charge in [0.25, 0.3) is 5.69 Å². The van der Waals surface area contributed by atoms with Gasteiger partial charge in [0.05, 0.1) is 21.4 Å². The molecule has 0 amide bonds. The van der Waals surface area contributed by atoms with E-state index in [0.29, 0.717) is 0 Å². The summed E-state index contributed by atoms with van der Waals surface area (Å²) in [7, 11) is 0. The third-order valence-corrected chi connectivity index (χ3v) is 3.44. The number of nitro benzene ring substituents is 1. The molecule has 0 saturated carbocycles. The summed E-state index contributed by atoms with van der Waals surface area (Å²) in [5.74, 6) is -0.0443. The van der Waals surface area contributed by atoms with Crippen LogP contribution < -0.4 is 5.43 Å². The predicted octanol–water partition coefficient (Wildman–Crippen LogP) is 3.73. The molecule has 110 valence electrons. The lowest BCUT2D eigenvalue weighted by atomic mass is 10.0. The number of halogens is 1. The number of phenols is 1. The van der Waals surface area contributed by atoms with Crippen molar-refractivity contribution < 1.29 is 14.4 Å². The molecule has 3 aromatic rings. The average molecular weight is 318 g/mol. The Labute approximate surface area is 128 Å². The van der Waals surface area contributed by atoms with Crippen molar-refractivity contribution in [3.8, 4) is 16.9 Å². The molecular formula is C15H8ClNO5. The molecule has 6 nitrogen and oxygen atoms in total. The molecule has 0 fully saturated rings. The summed E-state index contributed by atoms with van der Waals surface area (Å²) >= 11 is 5.87. The van der Waals surface area contributed by atoms with Crippen LogP contribution in [0, 0.1) is 10.1 Å². The minimum absolute atomic E-state index is 0.0346. The van der Waals surface area contributed by atoms with Gasteiger partial charge in [-0.15, -0.1) is 0 Å². The summed E-state index contributed by atoms with van der Waals surface area (Å²) in [5.41, 5.74) is -0.367. The van der Waals surface area contributed by atoms with Gasteiger partial charge in [-0.1, -0.05) is 11.6 Å². The highest BCUT2D eigenvalue weighted by Crippen LogP contribution is 2.31. The molecule has 1 heterocycles. The SMILES string of the molecule is O=c1c(-c2cc(Cl)ccc2[N+](=O)[O-])coc2cc(O)ccc12. The Kier molecular flexibility index (Phi) is 3.30. The first-order valence-corrected chi connectivity index (χ1v) is 6.54. The third-order valence-electron chi connectivity index (χ3n) is 3.20. The van der Waals surface area contributed by atoms with Gasteiger partial charge in [0, 0.05) is 17.2 Å². The van der Waals surface area contributed by atoms with Crippen molar-refractivity contribution in [3.05, 3.63) is 68.0 Å². The number of rotatable bonds is 2. The number of nitro groups is 1. The summed E-state index contributed by atoms with van der Waals surface area (Å²) in [6, 6.07) is 8.00. The van der Waals surface area contributed by atoms with Crippen LogP contribution in [0.4, 0.5) is 5.69 Å². The van der Waals surface area contributed by atoms with Crippen LogP contribution in [0.3, 0.4) is 0 Å². The van der Waals surface area contributed by atoms with Crippen molar-refractivity contribution in [2.75, 3.05) is 0 Å². The average Bonchev–Trinajstić information content (AvgIpc) is 2.47. The summed E-state index contributed by atoms with van der Waals surface area (Å²) < 4.78 is 5.31. The van der Waals surface area contributed by atoms with Crippen molar-refractivity contribution in [1.29, 1.82) is 0 Å². The number of benzene rings is 2. The van der Waals surface area contributed by atoms with Crippen molar-refractivity contribution >= 4 is 28.3 Å². The van der Waals surface area contributed by atoms with Gasteiger partial charge in [0.15, 0.2) is 0 Å². The fraction of sp³-hybridized carbons (Fsp3) is 0. The van der Waals surface area contributed by atoms with E-state index < -0.39 is 10.4 Å². The maximum Gasteiger partial charge on any atom is 0.277 e. The molecule has 0 spiro atoms. The van der Waals surface area contributed by atoms with Crippen LogP contribution in [0.2, 0.25) is 5.02 Å². The Balaban J connectivity index is 2.34. The zero-order valence-corrected chi connectivity index (χ0v) is 11.7. The van der Waals surface area contributed by atoms with E-state index >= 15 is 0 Å². The number of hydrogen-bond donors (Lipinski definition) is 1. The first-order chi connectivity index (χ1) is 10.5. The van der Waals surface area contributed by atoms with Crippen molar-refractivity contribution in [2.45, 2.75) is 0 Å². The van der Waals surface area contributed by atoms with E-state index in [1.165, 1.54) is 36.4 Å². The van der Waals surface area contributed by atoms with E-state index in [1.807, 2.05) is 0 Å². The Hall–Kier alpha value is -2.86. The summed E-state index contributed by atoms with van der Waals surface area (Å²) in [5, 5.41) is 21.0. The van der Waals surface area contributed by atoms with E-state index in [9.17, 15) is 20.0 Å². The zero-order valence-electron chi connectivity index (χ0n) is 10.9. The highest BCUT2D eigenvalue weighted by molar-refractivity contribution is 6.31. The normalized spacial score (nSPS) is 10.8. The first-order valence-electron chi connectivity index (χ1n) is 6.16. The highest BCUT2D eigenvalue weighted by Gasteiger charge is 2.20. The molecule has 0 bridgehead atoms. The largest absolute Gasteiger partial charge is 0.508 e. The van der Waals surface area contributed by atoms with Gasteiger partial charge >= 0.3 is 0 Å². The second-order valence-electron chi connectivity index (χ2n) is 4.58. The molecule has 0 radical (unpaired) electrons. The van der Waals surface area contributed by atoms with Crippen LogP contribution in [-0.4, -0.2) is 10.0 Å². The minimum Gasteiger partial charge on any atom is -0.508 e. The van der Waals surface area contributed by atoms with Crippen molar-refractivity contribution in [2.24, 2.45) is 0 Å². The standard InChI is InChI=1S/C15H8ClNO5/c16-8-1-4-13(17(20)21)11(5-8)12-7-22-14-6-9(18)2-3-10(14)15(12)19/h1-7,18H. The smallest absolute Gasteiger partial charge is 0.277 e. The van der Waals surface area contributed by atoms with E-state index in [1.54, 1.807) is 0 Å². The van der Waals surface area contributed by atoms with Crippen LogP contribution in [0.5, 0.6) is 5.75 Å². The second kappa shape index (κ2) is 5.16. The summed E-state index contributed by atoms with van der Waals surface area (Å²) in [4.78, 5) is 23.1. The molecule has 1 N–H and O–H groups in total. The van der Waals surface area contributed by atoms with Crippen molar-refractivity contribution in [3.63, 3.8) is 0 Å². The summed E-state index contributed by atoms with van der Waals surface area (Å²) in [6.45, 7) is 0. The van der Waals surface area contributed by atoms with Gasteiger partial charge in [-0.25, -0.2) is 0 Å². The van der Waals surface area contributed by atoms with Crippen molar-refractivity contribution in [1.82, 2.24) is 0 Å². The van der Waals surface area contributed by atoms with Crippen LogP contribution in [-0.2, 0) is 0 Å². The number of fused-ring (bicyclic) bond motifs is 1. The Morgan fingerprint density at radius 1 is 1.14 bits per heavy atom. The Bertz CT molecular complexity index is 964. The zero-order chi connectivity index (χ0) is 15.9. The van der Waals surface area contributed by atoms with Crippen LogP contribution in [0.15, 0.2) is 51.9 Å². The molecule has 0 atom stereocenters. The van der Waals surface area contributed by atoms with Gasteiger partial charge in [-0.05, 0) is 24.3 Å². The molecule has 0 unspecified atom stereocenters. The van der Waals surface area contributed by atoms with Gasteiger partial charge in [-0.3, -0.25) is 14.9 Å². The van der Waals surface area contributed by atoms with E-state index in [2.05, 4.69) is 0 Å². The molecule has 2 aromatic carbocycles. The Morgan fingerprint density at radius 3 is 2.64 bits per heavy atom. The lowest BCUT2D eigenvalue weighted by molar-refractivity contribution is -0.384. The molecule has 22 heavy (non-hydrogen) atoms. The number of nitrogens with zero attached hydrogens (tertiary/aromatic N) is 1. The second-order valence-corrected chi connectivity index (χ2v) is 5.01. The van der Waals surface area contributed by atoms with Gasteiger partial charge in [-0.2, -0.15) is 0 Å². The van der Waals surface area contributed by atoms with E-state index in [-0.39, 0.29) is 38.6 Å². The van der Waals surface area contributed by atoms with Crippen LogP contribution in [0.25, 0.3) is 22.1 Å². The fourth-order valence-electron chi connectivity index (χ4n) is 2.19. The lowest BCUT2D eigenvalue weighted by Crippen LogP contribution is -2.06. The van der Waals surface area contributed by atoms with Crippen LogP contribution in [0.1, 0.15) is 0 Å². The minimum atomic E-state index is -0.591. The van der Waals surface area contributed by atoms with Gasteiger partial charge in [0.1, 0.15) is 17.6 Å². The number of phenolic OH excluding ortho intramolecular Hbond substituents is 1.